The number of piperazine rings is 1. The topological polar surface area (TPSA) is 47.0 Å². The van der Waals surface area contributed by atoms with E-state index in [2.05, 4.69) is 21.6 Å². The van der Waals surface area contributed by atoms with Gasteiger partial charge in [0.25, 0.3) is 0 Å². The molecule has 0 aromatic rings. The maximum atomic E-state index is 12.9. The summed E-state index contributed by atoms with van der Waals surface area (Å²) in [5.41, 5.74) is 0. The highest BCUT2D eigenvalue weighted by atomic mass is 16.3. The van der Waals surface area contributed by atoms with Crippen LogP contribution in [0.25, 0.3) is 0 Å². The predicted octanol–water partition coefficient (Wildman–Crippen LogP) is 1.02. The van der Waals surface area contributed by atoms with E-state index in [1.54, 1.807) is 0 Å². The summed E-state index contributed by atoms with van der Waals surface area (Å²) in [4.78, 5) is 19.7. The summed E-state index contributed by atoms with van der Waals surface area (Å²) in [5.74, 6) is 1.87. The number of aliphatic hydroxyl groups is 1. The van der Waals surface area contributed by atoms with Gasteiger partial charge in [-0.15, -0.1) is 0 Å². The molecule has 1 N–H and O–H groups in total. The molecule has 1 amide bonds. The van der Waals surface area contributed by atoms with Crippen LogP contribution in [0, 0.1) is 11.8 Å². The Morgan fingerprint density at radius 2 is 1.70 bits per heavy atom. The Labute approximate surface area is 140 Å². The summed E-state index contributed by atoms with van der Waals surface area (Å²) >= 11 is 0. The van der Waals surface area contributed by atoms with Crippen LogP contribution in [0.4, 0.5) is 0 Å². The number of carbonyl (C=O) groups is 1. The smallest absolute Gasteiger partial charge is 0.237 e. The van der Waals surface area contributed by atoms with E-state index in [9.17, 15) is 4.79 Å². The third kappa shape index (κ3) is 4.06. The van der Waals surface area contributed by atoms with E-state index in [-0.39, 0.29) is 6.61 Å². The number of β-amino-alcohol motifs (C(OH)–C–C–N with tert-alkyl or cyclic N) is 1. The van der Waals surface area contributed by atoms with Gasteiger partial charge < -0.3 is 10.0 Å². The second-order valence-corrected chi connectivity index (χ2v) is 7.71. The van der Waals surface area contributed by atoms with Gasteiger partial charge in [-0.25, -0.2) is 0 Å². The molecule has 0 radical (unpaired) electrons. The Balaban J connectivity index is 1.52. The van der Waals surface area contributed by atoms with E-state index in [0.29, 0.717) is 18.5 Å². The lowest BCUT2D eigenvalue weighted by atomic mass is 9.72. The molecule has 3 atom stereocenters. The Morgan fingerprint density at radius 3 is 2.43 bits per heavy atom. The molecule has 3 rings (SSSR count). The van der Waals surface area contributed by atoms with Gasteiger partial charge in [-0.2, -0.15) is 0 Å². The van der Waals surface area contributed by atoms with Crippen molar-refractivity contribution < 1.29 is 9.90 Å². The first-order chi connectivity index (χ1) is 11.2. The van der Waals surface area contributed by atoms with Gasteiger partial charge in [0.1, 0.15) is 0 Å². The van der Waals surface area contributed by atoms with Crippen molar-refractivity contribution in [1.29, 1.82) is 0 Å². The highest BCUT2D eigenvalue weighted by Gasteiger charge is 2.39. The number of rotatable bonds is 4. The first-order valence-electron chi connectivity index (χ1n) is 9.54. The Morgan fingerprint density at radius 1 is 1.00 bits per heavy atom. The van der Waals surface area contributed by atoms with Crippen molar-refractivity contribution in [2.24, 2.45) is 11.8 Å². The molecule has 3 aliphatic rings. The van der Waals surface area contributed by atoms with Crippen LogP contribution >= 0.6 is 0 Å². The lowest BCUT2D eigenvalue weighted by Gasteiger charge is -2.48. The van der Waals surface area contributed by atoms with Crippen molar-refractivity contribution in [3.05, 3.63) is 0 Å². The van der Waals surface area contributed by atoms with Gasteiger partial charge in [0, 0.05) is 45.3 Å². The quantitative estimate of drug-likeness (QED) is 0.839. The fourth-order valence-corrected chi connectivity index (χ4v) is 4.82. The molecule has 0 unspecified atom stereocenters. The van der Waals surface area contributed by atoms with Gasteiger partial charge in [0.05, 0.1) is 13.2 Å². The lowest BCUT2D eigenvalue weighted by molar-refractivity contribution is -0.140. The molecule has 0 bridgehead atoms. The molecule has 3 fully saturated rings. The molecule has 5 nitrogen and oxygen atoms in total. The monoisotopic (exact) mass is 323 g/mol. The first kappa shape index (κ1) is 17.2. The minimum Gasteiger partial charge on any atom is -0.395 e. The second kappa shape index (κ2) is 7.95. The summed E-state index contributed by atoms with van der Waals surface area (Å²) in [7, 11) is 0. The van der Waals surface area contributed by atoms with Crippen molar-refractivity contribution in [3.8, 4) is 0 Å². The summed E-state index contributed by atoms with van der Waals surface area (Å²) in [6.45, 7) is 8.76. The number of piperidine rings is 1. The number of hydrogen-bond donors (Lipinski definition) is 1. The molecule has 0 spiro atoms. The molecule has 2 heterocycles. The molecule has 1 saturated carbocycles. The van der Waals surface area contributed by atoms with Crippen LogP contribution in [0.5, 0.6) is 0 Å². The molecule has 132 valence electrons. The highest BCUT2D eigenvalue weighted by Crippen LogP contribution is 2.38. The molecular weight excluding hydrogens is 290 g/mol. The van der Waals surface area contributed by atoms with Crippen molar-refractivity contribution in [3.63, 3.8) is 0 Å². The van der Waals surface area contributed by atoms with Gasteiger partial charge in [0.15, 0.2) is 0 Å². The van der Waals surface area contributed by atoms with Gasteiger partial charge in [0.2, 0.25) is 5.91 Å². The van der Waals surface area contributed by atoms with Crippen molar-refractivity contribution in [1.82, 2.24) is 14.7 Å². The van der Waals surface area contributed by atoms with Crippen molar-refractivity contribution >= 4 is 5.91 Å². The zero-order chi connectivity index (χ0) is 16.2. The summed E-state index contributed by atoms with van der Waals surface area (Å²) in [5, 5.41) is 9.02. The summed E-state index contributed by atoms with van der Waals surface area (Å²) in [6, 6.07) is 0.510. The highest BCUT2D eigenvalue weighted by molar-refractivity contribution is 5.78. The maximum absolute atomic E-state index is 12.9. The van der Waals surface area contributed by atoms with Gasteiger partial charge >= 0.3 is 0 Å². The number of amides is 1. The van der Waals surface area contributed by atoms with E-state index in [0.717, 1.165) is 51.1 Å². The molecule has 1 aliphatic carbocycles. The summed E-state index contributed by atoms with van der Waals surface area (Å²) < 4.78 is 0. The fourth-order valence-electron chi connectivity index (χ4n) is 4.82. The molecule has 5 heteroatoms. The SMILES string of the molecule is C[C@@H]1CCN(C(=O)CN2CCN(CCO)CC2)[C@@H]2CCCC[C@@H]12. The van der Waals surface area contributed by atoms with Crippen LogP contribution in [0.2, 0.25) is 0 Å². The fraction of sp³-hybridized carbons (Fsp3) is 0.944. The third-order valence-electron chi connectivity index (χ3n) is 6.30. The van der Waals surface area contributed by atoms with Gasteiger partial charge in [-0.1, -0.05) is 19.8 Å². The predicted molar refractivity (Wildman–Crippen MR) is 91.2 cm³/mol. The zero-order valence-corrected chi connectivity index (χ0v) is 14.6. The normalized spacial score (nSPS) is 33.5. The number of likely N-dealkylation sites (tertiary alicyclic amines) is 1. The average Bonchev–Trinajstić information content (AvgIpc) is 2.57. The van der Waals surface area contributed by atoms with Crippen LogP contribution in [0.15, 0.2) is 0 Å². The number of nitrogens with zero attached hydrogens (tertiary/aromatic N) is 3. The molecular formula is C18H33N3O2. The second-order valence-electron chi connectivity index (χ2n) is 7.71. The van der Waals surface area contributed by atoms with Crippen molar-refractivity contribution in [2.45, 2.75) is 45.1 Å². The Bertz CT molecular complexity index is 396. The standard InChI is InChI=1S/C18H33N3O2/c1-15-6-7-21(17-5-3-2-4-16(15)17)18(23)14-20-10-8-19(9-11-20)12-13-22/h15-17,22H,2-14H2,1H3/t15-,16+,17-/m1/s1. The van der Waals surface area contributed by atoms with E-state index in [1.165, 1.54) is 32.1 Å². The lowest BCUT2D eigenvalue weighted by Crippen LogP contribution is -2.56. The first-order valence-corrected chi connectivity index (χ1v) is 9.54. The van der Waals surface area contributed by atoms with Crippen LogP contribution in [-0.4, -0.2) is 84.2 Å². The van der Waals surface area contributed by atoms with E-state index in [4.69, 9.17) is 5.11 Å². The third-order valence-corrected chi connectivity index (χ3v) is 6.30. The largest absolute Gasteiger partial charge is 0.395 e. The van der Waals surface area contributed by atoms with Crippen molar-refractivity contribution in [2.75, 3.05) is 52.4 Å². The Kier molecular flexibility index (Phi) is 5.94. The Hall–Kier alpha value is -0.650. The van der Waals surface area contributed by atoms with Crippen LogP contribution in [-0.2, 0) is 4.79 Å². The summed E-state index contributed by atoms with van der Waals surface area (Å²) in [6.07, 6.45) is 6.34. The molecule has 0 aromatic carbocycles. The zero-order valence-electron chi connectivity index (χ0n) is 14.6. The molecule has 0 aromatic heterocycles. The minimum atomic E-state index is 0.230. The van der Waals surface area contributed by atoms with E-state index < -0.39 is 0 Å². The van der Waals surface area contributed by atoms with Crippen LogP contribution < -0.4 is 0 Å². The number of carbonyl (C=O) groups excluding carboxylic acids is 1. The van der Waals surface area contributed by atoms with Gasteiger partial charge in [-0.05, 0) is 31.1 Å². The minimum absolute atomic E-state index is 0.230. The number of fused-ring (bicyclic) bond motifs is 1. The number of aliphatic hydroxyl groups excluding tert-OH is 1. The maximum Gasteiger partial charge on any atom is 0.237 e. The van der Waals surface area contributed by atoms with Gasteiger partial charge in [-0.3, -0.25) is 14.6 Å². The van der Waals surface area contributed by atoms with Crippen LogP contribution in [0.1, 0.15) is 39.0 Å². The van der Waals surface area contributed by atoms with E-state index in [1.807, 2.05) is 0 Å². The average molecular weight is 323 g/mol. The molecule has 2 saturated heterocycles. The molecule has 2 aliphatic heterocycles. The van der Waals surface area contributed by atoms with Crippen LogP contribution in [0.3, 0.4) is 0 Å². The van der Waals surface area contributed by atoms with E-state index >= 15 is 0 Å². The molecule has 23 heavy (non-hydrogen) atoms. The number of hydrogen-bond acceptors (Lipinski definition) is 4.